The average Bonchev–Trinajstić information content (AvgIpc) is 2.87. The third kappa shape index (κ3) is 2.25. The van der Waals surface area contributed by atoms with Crippen LogP contribution < -0.4 is 5.32 Å². The van der Waals surface area contributed by atoms with E-state index in [0.29, 0.717) is 24.2 Å². The van der Waals surface area contributed by atoms with Crippen molar-refractivity contribution in [3.8, 4) is 0 Å². The highest BCUT2D eigenvalue weighted by Gasteiger charge is 2.41. The SMILES string of the molecule is O=C1c2ccccc2C(=O)N1[C@@H]1CNCC=C1c1ccc(F)cc1. The quantitative estimate of drug-likeness (QED) is 0.864. The van der Waals surface area contributed by atoms with Crippen LogP contribution in [0.15, 0.2) is 54.6 Å². The van der Waals surface area contributed by atoms with Crippen LogP contribution in [0.2, 0.25) is 0 Å². The van der Waals surface area contributed by atoms with Crippen LogP contribution in [-0.4, -0.2) is 35.8 Å². The van der Waals surface area contributed by atoms with Crippen LogP contribution in [0.4, 0.5) is 4.39 Å². The maximum Gasteiger partial charge on any atom is 0.262 e. The molecule has 0 aromatic heterocycles. The molecule has 0 bridgehead atoms. The summed E-state index contributed by atoms with van der Waals surface area (Å²) in [6.07, 6.45) is 1.95. The summed E-state index contributed by atoms with van der Waals surface area (Å²) >= 11 is 0. The Morgan fingerprint density at radius 1 is 0.958 bits per heavy atom. The number of nitrogens with zero attached hydrogens (tertiary/aromatic N) is 1. The first kappa shape index (κ1) is 14.8. The van der Waals surface area contributed by atoms with E-state index in [1.54, 1.807) is 36.4 Å². The second kappa shape index (κ2) is 5.69. The highest BCUT2D eigenvalue weighted by atomic mass is 19.1. The summed E-state index contributed by atoms with van der Waals surface area (Å²) in [7, 11) is 0. The number of rotatable bonds is 2. The Morgan fingerprint density at radius 2 is 1.58 bits per heavy atom. The number of benzene rings is 2. The summed E-state index contributed by atoms with van der Waals surface area (Å²) in [6, 6.07) is 12.6. The monoisotopic (exact) mass is 322 g/mol. The molecule has 2 aromatic carbocycles. The largest absolute Gasteiger partial charge is 0.311 e. The van der Waals surface area contributed by atoms with Gasteiger partial charge in [-0.3, -0.25) is 14.5 Å². The van der Waals surface area contributed by atoms with Crippen molar-refractivity contribution in [1.29, 1.82) is 0 Å². The van der Waals surface area contributed by atoms with Crippen LogP contribution in [0.1, 0.15) is 26.3 Å². The number of nitrogens with one attached hydrogen (secondary N) is 1. The highest BCUT2D eigenvalue weighted by Crippen LogP contribution is 2.31. The number of carbonyl (C=O) groups excluding carboxylic acids is 2. The number of hydrogen-bond acceptors (Lipinski definition) is 3. The zero-order valence-corrected chi connectivity index (χ0v) is 12.8. The van der Waals surface area contributed by atoms with Crippen LogP contribution >= 0.6 is 0 Å². The summed E-state index contributed by atoms with van der Waals surface area (Å²) in [6.45, 7) is 1.13. The van der Waals surface area contributed by atoms with E-state index in [4.69, 9.17) is 0 Å². The van der Waals surface area contributed by atoms with Gasteiger partial charge in [-0.2, -0.15) is 0 Å². The molecule has 2 aliphatic rings. The van der Waals surface area contributed by atoms with E-state index >= 15 is 0 Å². The highest BCUT2D eigenvalue weighted by molar-refractivity contribution is 6.22. The Morgan fingerprint density at radius 3 is 2.21 bits per heavy atom. The van der Waals surface area contributed by atoms with Gasteiger partial charge < -0.3 is 5.32 Å². The van der Waals surface area contributed by atoms with Gasteiger partial charge in [-0.15, -0.1) is 0 Å². The van der Waals surface area contributed by atoms with Crippen molar-refractivity contribution in [3.05, 3.63) is 77.1 Å². The second-order valence-electron chi connectivity index (χ2n) is 5.87. The number of hydrogen-bond donors (Lipinski definition) is 1. The van der Waals surface area contributed by atoms with E-state index in [2.05, 4.69) is 5.32 Å². The zero-order chi connectivity index (χ0) is 16.7. The predicted octanol–water partition coefficient (Wildman–Crippen LogP) is 2.48. The maximum atomic E-state index is 13.2. The van der Waals surface area contributed by atoms with Crippen LogP contribution in [0.25, 0.3) is 5.57 Å². The molecule has 0 unspecified atom stereocenters. The lowest BCUT2D eigenvalue weighted by Gasteiger charge is -2.32. The molecule has 120 valence electrons. The lowest BCUT2D eigenvalue weighted by molar-refractivity contribution is 0.0618. The minimum atomic E-state index is -0.406. The van der Waals surface area contributed by atoms with Gasteiger partial charge in [0, 0.05) is 13.1 Å². The molecule has 2 aliphatic heterocycles. The van der Waals surface area contributed by atoms with E-state index in [1.807, 2.05) is 6.08 Å². The molecule has 0 spiro atoms. The Kier molecular flexibility index (Phi) is 3.50. The Bertz CT molecular complexity index is 823. The molecule has 4 rings (SSSR count). The summed E-state index contributed by atoms with van der Waals surface area (Å²) < 4.78 is 13.2. The topological polar surface area (TPSA) is 49.4 Å². The lowest BCUT2D eigenvalue weighted by Crippen LogP contribution is -2.48. The van der Waals surface area contributed by atoms with Crippen LogP contribution in [0, 0.1) is 5.82 Å². The first-order valence-electron chi connectivity index (χ1n) is 7.80. The smallest absolute Gasteiger partial charge is 0.262 e. The van der Waals surface area contributed by atoms with Gasteiger partial charge in [-0.1, -0.05) is 30.3 Å². The van der Waals surface area contributed by atoms with E-state index in [1.165, 1.54) is 17.0 Å². The van der Waals surface area contributed by atoms with Gasteiger partial charge in [0.25, 0.3) is 11.8 Å². The van der Waals surface area contributed by atoms with Gasteiger partial charge in [-0.25, -0.2) is 4.39 Å². The summed E-state index contributed by atoms with van der Waals surface area (Å²) in [5, 5.41) is 3.19. The number of halogens is 1. The predicted molar refractivity (Wildman–Crippen MR) is 88.0 cm³/mol. The third-order valence-corrected chi connectivity index (χ3v) is 4.48. The van der Waals surface area contributed by atoms with Crippen molar-refractivity contribution in [1.82, 2.24) is 10.2 Å². The molecule has 0 radical (unpaired) electrons. The minimum Gasteiger partial charge on any atom is -0.311 e. The van der Waals surface area contributed by atoms with Crippen LogP contribution in [-0.2, 0) is 0 Å². The number of fused-ring (bicyclic) bond motifs is 1. The van der Waals surface area contributed by atoms with Gasteiger partial charge in [-0.05, 0) is 35.4 Å². The first-order chi connectivity index (χ1) is 11.7. The van der Waals surface area contributed by atoms with Gasteiger partial charge in [0.2, 0.25) is 0 Å². The lowest BCUT2D eigenvalue weighted by atomic mass is 9.94. The normalized spacial score (nSPS) is 20.1. The molecule has 4 nitrogen and oxygen atoms in total. The van der Waals surface area contributed by atoms with Gasteiger partial charge >= 0.3 is 0 Å². The molecule has 0 aliphatic carbocycles. The Balaban J connectivity index is 1.74. The molecule has 1 atom stereocenters. The number of amides is 2. The molecule has 0 fully saturated rings. The van der Waals surface area contributed by atoms with E-state index in [0.717, 1.165) is 11.1 Å². The minimum absolute atomic E-state index is 0.280. The van der Waals surface area contributed by atoms with Crippen molar-refractivity contribution in [3.63, 3.8) is 0 Å². The van der Waals surface area contributed by atoms with Gasteiger partial charge in [0.05, 0.1) is 17.2 Å². The standard InChI is InChI=1S/C19H15FN2O2/c20-13-7-5-12(6-8-13)14-9-10-21-11-17(14)22-18(23)15-3-1-2-4-16(15)19(22)24/h1-9,17,21H,10-11H2/t17-/m1/s1. The molecule has 24 heavy (non-hydrogen) atoms. The summed E-state index contributed by atoms with van der Waals surface area (Å²) in [5.41, 5.74) is 2.56. The fraction of sp³-hybridized carbons (Fsp3) is 0.158. The van der Waals surface area contributed by atoms with Crippen molar-refractivity contribution in [2.75, 3.05) is 13.1 Å². The molecule has 1 N–H and O–H groups in total. The molecule has 0 saturated heterocycles. The molecular formula is C19H15FN2O2. The fourth-order valence-electron chi connectivity index (χ4n) is 3.32. The first-order valence-corrected chi connectivity index (χ1v) is 7.80. The fourth-order valence-corrected chi connectivity index (χ4v) is 3.32. The molecular weight excluding hydrogens is 307 g/mol. The second-order valence-corrected chi connectivity index (χ2v) is 5.87. The molecule has 0 saturated carbocycles. The third-order valence-electron chi connectivity index (χ3n) is 4.48. The van der Waals surface area contributed by atoms with E-state index in [9.17, 15) is 14.0 Å². The van der Waals surface area contributed by atoms with Crippen LogP contribution in [0.3, 0.4) is 0 Å². The van der Waals surface area contributed by atoms with Crippen molar-refractivity contribution >= 4 is 17.4 Å². The molecule has 2 amide bonds. The van der Waals surface area contributed by atoms with Gasteiger partial charge in [0.15, 0.2) is 0 Å². The van der Waals surface area contributed by atoms with Crippen molar-refractivity contribution in [2.45, 2.75) is 6.04 Å². The Hall–Kier alpha value is -2.79. The summed E-state index contributed by atoms with van der Waals surface area (Å²) in [5.74, 6) is -0.875. The molecule has 5 heteroatoms. The number of imide groups is 1. The van der Waals surface area contributed by atoms with E-state index in [-0.39, 0.29) is 17.6 Å². The maximum absolute atomic E-state index is 13.2. The van der Waals surface area contributed by atoms with Gasteiger partial charge in [0.1, 0.15) is 5.82 Å². The summed E-state index contributed by atoms with van der Waals surface area (Å²) in [4.78, 5) is 26.8. The Labute approximate surface area is 138 Å². The van der Waals surface area contributed by atoms with Crippen LogP contribution in [0.5, 0.6) is 0 Å². The van der Waals surface area contributed by atoms with Crippen molar-refractivity contribution < 1.29 is 14.0 Å². The average molecular weight is 322 g/mol. The molecule has 2 aromatic rings. The van der Waals surface area contributed by atoms with Crippen molar-refractivity contribution in [2.24, 2.45) is 0 Å². The van der Waals surface area contributed by atoms with E-state index < -0.39 is 6.04 Å². The number of carbonyl (C=O) groups is 2. The molecule has 2 heterocycles. The zero-order valence-electron chi connectivity index (χ0n) is 12.8.